The molecule has 3 rings (SSSR count). The van der Waals surface area contributed by atoms with E-state index in [0.717, 1.165) is 11.1 Å². The van der Waals surface area contributed by atoms with Crippen molar-refractivity contribution in [1.82, 2.24) is 0 Å². The van der Waals surface area contributed by atoms with Crippen LogP contribution in [0.4, 0.5) is 5.69 Å². The maximum atomic E-state index is 12.6. The number of amides is 1. The molecule has 2 aromatic carbocycles. The van der Waals surface area contributed by atoms with Gasteiger partial charge >= 0.3 is 0 Å². The first-order valence-electron chi connectivity index (χ1n) is 6.71. The van der Waals surface area contributed by atoms with Gasteiger partial charge in [-0.15, -0.1) is 0 Å². The fourth-order valence-corrected chi connectivity index (χ4v) is 2.45. The van der Waals surface area contributed by atoms with Gasteiger partial charge < -0.3 is 4.74 Å². The SMILES string of the molecule is Cc1ccc2c(c1)N(CC#N)C(=O)C(c1ccccc1)O2. The fraction of sp³-hybridized carbons (Fsp3) is 0.176. The quantitative estimate of drug-likeness (QED) is 0.793. The van der Waals surface area contributed by atoms with Crippen LogP contribution in [0.15, 0.2) is 48.5 Å². The lowest BCUT2D eigenvalue weighted by Crippen LogP contribution is -2.41. The summed E-state index contributed by atoms with van der Waals surface area (Å²) in [5.74, 6) is 0.421. The summed E-state index contributed by atoms with van der Waals surface area (Å²) in [6.07, 6.45) is -0.699. The molecule has 0 aromatic heterocycles. The lowest BCUT2D eigenvalue weighted by molar-refractivity contribution is -0.126. The normalized spacial score (nSPS) is 16.9. The minimum absolute atomic E-state index is 0.0159. The molecule has 1 atom stereocenters. The molecule has 0 spiro atoms. The molecule has 0 fully saturated rings. The Balaban J connectivity index is 2.07. The van der Waals surface area contributed by atoms with Crippen LogP contribution >= 0.6 is 0 Å². The van der Waals surface area contributed by atoms with Gasteiger partial charge in [-0.3, -0.25) is 9.69 Å². The van der Waals surface area contributed by atoms with Crippen molar-refractivity contribution in [2.45, 2.75) is 13.0 Å². The second-order valence-corrected chi connectivity index (χ2v) is 4.96. The van der Waals surface area contributed by atoms with Crippen molar-refractivity contribution < 1.29 is 9.53 Å². The van der Waals surface area contributed by atoms with Crippen LogP contribution in [0.2, 0.25) is 0 Å². The Kier molecular flexibility index (Phi) is 3.33. The van der Waals surface area contributed by atoms with Crippen molar-refractivity contribution in [3.05, 3.63) is 59.7 Å². The molecule has 1 amide bonds. The van der Waals surface area contributed by atoms with Crippen molar-refractivity contribution in [3.63, 3.8) is 0 Å². The van der Waals surface area contributed by atoms with Gasteiger partial charge in [0.15, 0.2) is 0 Å². The van der Waals surface area contributed by atoms with Crippen molar-refractivity contribution in [1.29, 1.82) is 5.26 Å². The number of aryl methyl sites for hydroxylation is 1. The van der Waals surface area contributed by atoms with Crippen LogP contribution in [0, 0.1) is 18.3 Å². The first-order chi connectivity index (χ1) is 10.2. The highest BCUT2D eigenvalue weighted by atomic mass is 16.5. The Morgan fingerprint density at radius 2 is 2.00 bits per heavy atom. The molecule has 4 nitrogen and oxygen atoms in total. The lowest BCUT2D eigenvalue weighted by Gasteiger charge is -2.33. The van der Waals surface area contributed by atoms with Gasteiger partial charge in [0, 0.05) is 5.56 Å². The molecule has 1 heterocycles. The summed E-state index contributed by atoms with van der Waals surface area (Å²) < 4.78 is 5.86. The Bertz CT molecular complexity index is 719. The average molecular weight is 278 g/mol. The van der Waals surface area contributed by atoms with Crippen LogP contribution in [-0.2, 0) is 4.79 Å². The predicted molar refractivity (Wildman–Crippen MR) is 79.0 cm³/mol. The second kappa shape index (κ2) is 5.29. The van der Waals surface area contributed by atoms with E-state index in [-0.39, 0.29) is 12.5 Å². The van der Waals surface area contributed by atoms with Gasteiger partial charge in [0.2, 0.25) is 6.10 Å². The number of hydrogen-bond acceptors (Lipinski definition) is 3. The highest BCUT2D eigenvalue weighted by Gasteiger charge is 2.35. The molecule has 1 unspecified atom stereocenters. The van der Waals surface area contributed by atoms with Crippen LogP contribution < -0.4 is 9.64 Å². The van der Waals surface area contributed by atoms with E-state index in [2.05, 4.69) is 0 Å². The van der Waals surface area contributed by atoms with Crippen molar-refractivity contribution in [2.24, 2.45) is 0 Å². The molecule has 2 aromatic rings. The second-order valence-electron chi connectivity index (χ2n) is 4.96. The Morgan fingerprint density at radius 3 is 2.71 bits per heavy atom. The number of fused-ring (bicyclic) bond motifs is 1. The summed E-state index contributed by atoms with van der Waals surface area (Å²) in [7, 11) is 0. The molecular weight excluding hydrogens is 264 g/mol. The summed E-state index contributed by atoms with van der Waals surface area (Å²) in [4.78, 5) is 14.1. The largest absolute Gasteiger partial charge is 0.474 e. The summed E-state index contributed by atoms with van der Waals surface area (Å²) in [6.45, 7) is 1.96. The van der Waals surface area contributed by atoms with Crippen LogP contribution in [0.3, 0.4) is 0 Å². The number of rotatable bonds is 2. The van der Waals surface area contributed by atoms with E-state index in [1.54, 1.807) is 0 Å². The molecular formula is C17H14N2O2. The maximum Gasteiger partial charge on any atom is 0.273 e. The molecule has 0 N–H and O–H groups in total. The van der Waals surface area contributed by atoms with Gasteiger partial charge in [0.25, 0.3) is 5.91 Å². The van der Waals surface area contributed by atoms with Gasteiger partial charge in [0.1, 0.15) is 12.3 Å². The summed E-state index contributed by atoms with van der Waals surface area (Å²) in [5.41, 5.74) is 2.47. The molecule has 1 aliphatic heterocycles. The number of ether oxygens (including phenoxy) is 1. The van der Waals surface area contributed by atoms with Crippen LogP contribution in [0.25, 0.3) is 0 Å². The highest BCUT2D eigenvalue weighted by Crippen LogP contribution is 2.39. The third kappa shape index (κ3) is 2.34. The van der Waals surface area contributed by atoms with E-state index in [9.17, 15) is 4.79 Å². The molecule has 0 aliphatic carbocycles. The number of anilines is 1. The first kappa shape index (κ1) is 13.2. The van der Waals surface area contributed by atoms with E-state index in [0.29, 0.717) is 11.4 Å². The zero-order valence-corrected chi connectivity index (χ0v) is 11.6. The van der Waals surface area contributed by atoms with E-state index in [1.165, 1.54) is 4.90 Å². The number of hydrogen-bond donors (Lipinski definition) is 0. The number of benzene rings is 2. The topological polar surface area (TPSA) is 53.3 Å². The average Bonchev–Trinajstić information content (AvgIpc) is 2.51. The van der Waals surface area contributed by atoms with Crippen LogP contribution in [0.1, 0.15) is 17.2 Å². The standard InChI is InChI=1S/C17H14N2O2/c1-12-7-8-15-14(11-12)19(10-9-18)17(20)16(21-15)13-5-3-2-4-6-13/h2-8,11,16H,10H2,1H3. The zero-order valence-electron chi connectivity index (χ0n) is 11.6. The molecule has 4 heteroatoms. The molecule has 0 radical (unpaired) electrons. The van der Waals surface area contributed by atoms with E-state index >= 15 is 0 Å². The Labute approximate surface area is 123 Å². The maximum absolute atomic E-state index is 12.6. The highest BCUT2D eigenvalue weighted by molar-refractivity contribution is 6.01. The van der Waals surface area contributed by atoms with E-state index in [1.807, 2.05) is 61.5 Å². The Hall–Kier alpha value is -2.80. The van der Waals surface area contributed by atoms with Gasteiger partial charge in [-0.2, -0.15) is 5.26 Å². The van der Waals surface area contributed by atoms with Crippen LogP contribution in [-0.4, -0.2) is 12.5 Å². The minimum atomic E-state index is -0.699. The van der Waals surface area contributed by atoms with Gasteiger partial charge in [-0.25, -0.2) is 0 Å². The summed E-state index contributed by atoms with van der Waals surface area (Å²) in [6, 6.07) is 17.0. The molecule has 1 aliphatic rings. The molecule has 0 saturated heterocycles. The van der Waals surface area contributed by atoms with Gasteiger partial charge in [-0.1, -0.05) is 36.4 Å². The molecule has 21 heavy (non-hydrogen) atoms. The first-order valence-corrected chi connectivity index (χ1v) is 6.71. The monoisotopic (exact) mass is 278 g/mol. The van der Waals surface area contributed by atoms with Crippen molar-refractivity contribution in [3.8, 4) is 11.8 Å². The number of nitriles is 1. The molecule has 0 saturated carbocycles. The zero-order chi connectivity index (χ0) is 14.8. The van der Waals surface area contributed by atoms with Crippen molar-refractivity contribution in [2.75, 3.05) is 11.4 Å². The fourth-order valence-electron chi connectivity index (χ4n) is 2.45. The minimum Gasteiger partial charge on any atom is -0.474 e. The van der Waals surface area contributed by atoms with Crippen LogP contribution in [0.5, 0.6) is 5.75 Å². The lowest BCUT2D eigenvalue weighted by atomic mass is 10.0. The van der Waals surface area contributed by atoms with Gasteiger partial charge in [0.05, 0.1) is 11.8 Å². The van der Waals surface area contributed by atoms with Crippen molar-refractivity contribution >= 4 is 11.6 Å². The molecule has 104 valence electrons. The summed E-state index contributed by atoms with van der Waals surface area (Å²) in [5, 5.41) is 9.00. The molecule has 0 bridgehead atoms. The smallest absolute Gasteiger partial charge is 0.273 e. The third-order valence-corrected chi connectivity index (χ3v) is 3.47. The number of carbonyl (C=O) groups is 1. The predicted octanol–water partition coefficient (Wildman–Crippen LogP) is 2.99. The van der Waals surface area contributed by atoms with E-state index in [4.69, 9.17) is 10.00 Å². The number of carbonyl (C=O) groups excluding carboxylic acids is 1. The Morgan fingerprint density at radius 1 is 1.24 bits per heavy atom. The third-order valence-electron chi connectivity index (χ3n) is 3.47. The van der Waals surface area contributed by atoms with E-state index < -0.39 is 6.10 Å². The summed E-state index contributed by atoms with van der Waals surface area (Å²) >= 11 is 0. The number of nitrogens with zero attached hydrogens (tertiary/aromatic N) is 2. The van der Waals surface area contributed by atoms with Gasteiger partial charge in [-0.05, 0) is 24.6 Å².